The molecule has 140 valence electrons. The van der Waals surface area contributed by atoms with E-state index in [1.807, 2.05) is 0 Å². The fraction of sp³-hybridized carbons (Fsp3) is 0.200. The van der Waals surface area contributed by atoms with Crippen molar-refractivity contribution in [2.45, 2.75) is 11.8 Å². The van der Waals surface area contributed by atoms with Crippen LogP contribution in [0.15, 0.2) is 53.4 Å². The van der Waals surface area contributed by atoms with Gasteiger partial charge in [-0.05, 0) is 36.4 Å². The number of benzene rings is 2. The quantitative estimate of drug-likeness (QED) is 0.567. The molecule has 0 unspecified atom stereocenters. The first-order valence-electron chi connectivity index (χ1n) is 8.14. The van der Waals surface area contributed by atoms with E-state index in [0.29, 0.717) is 11.4 Å². The summed E-state index contributed by atoms with van der Waals surface area (Å²) in [5.41, 5.74) is 0.652. The molecule has 0 aliphatic carbocycles. The molecule has 0 bridgehead atoms. The number of anilines is 1. The molecule has 0 saturated carbocycles. The lowest BCUT2D eigenvalue weighted by Gasteiger charge is -2.05. The van der Waals surface area contributed by atoms with E-state index >= 15 is 0 Å². The Hall–Kier alpha value is -2.98. The van der Waals surface area contributed by atoms with Crippen LogP contribution in [0.1, 0.15) is 6.92 Å². The fourth-order valence-electron chi connectivity index (χ4n) is 1.97. The number of nitrogens with one attached hydrogen (secondary N) is 2. The molecule has 2 aromatic rings. The van der Waals surface area contributed by atoms with Gasteiger partial charge >= 0.3 is 0 Å². The second-order valence-corrected chi connectivity index (χ2v) is 6.42. The van der Waals surface area contributed by atoms with Gasteiger partial charge in [-0.2, -0.15) is 0 Å². The molecule has 7 heteroatoms. The summed E-state index contributed by atoms with van der Waals surface area (Å²) in [5.74, 6) is 5.83. The molecule has 0 saturated heterocycles. The Morgan fingerprint density at radius 2 is 1.93 bits per heavy atom. The van der Waals surface area contributed by atoms with Crippen LogP contribution in [0.4, 0.5) is 10.1 Å². The first kappa shape index (κ1) is 20.3. The zero-order valence-electron chi connectivity index (χ0n) is 14.8. The largest absolute Gasteiger partial charge is 0.481 e. The summed E-state index contributed by atoms with van der Waals surface area (Å²) in [5, 5.41) is 5.36. The van der Waals surface area contributed by atoms with Gasteiger partial charge in [0.1, 0.15) is 18.2 Å². The van der Waals surface area contributed by atoms with Crippen LogP contribution in [0.25, 0.3) is 0 Å². The van der Waals surface area contributed by atoms with Crippen LogP contribution in [0.3, 0.4) is 0 Å². The summed E-state index contributed by atoms with van der Waals surface area (Å²) >= 11 is 1.33. The van der Waals surface area contributed by atoms with Crippen molar-refractivity contribution in [2.24, 2.45) is 0 Å². The number of carbonyl (C=O) groups is 2. The van der Waals surface area contributed by atoms with Crippen LogP contribution in [-0.2, 0) is 9.59 Å². The average molecular weight is 386 g/mol. The molecule has 0 aliphatic heterocycles. The van der Waals surface area contributed by atoms with Crippen LogP contribution in [0.2, 0.25) is 0 Å². The monoisotopic (exact) mass is 386 g/mol. The van der Waals surface area contributed by atoms with E-state index in [1.165, 1.54) is 30.8 Å². The van der Waals surface area contributed by atoms with E-state index in [9.17, 15) is 14.0 Å². The van der Waals surface area contributed by atoms with E-state index in [0.717, 1.165) is 4.90 Å². The van der Waals surface area contributed by atoms with Gasteiger partial charge < -0.3 is 15.4 Å². The molecule has 2 rings (SSSR count). The zero-order valence-corrected chi connectivity index (χ0v) is 15.6. The lowest BCUT2D eigenvalue weighted by Crippen LogP contribution is -2.25. The Labute approximate surface area is 161 Å². The Morgan fingerprint density at radius 3 is 2.67 bits per heavy atom. The summed E-state index contributed by atoms with van der Waals surface area (Å²) in [6.45, 7) is 1.83. The summed E-state index contributed by atoms with van der Waals surface area (Å²) in [6.07, 6.45) is 0. The molecule has 2 N–H and O–H groups in total. The topological polar surface area (TPSA) is 67.4 Å². The molecule has 0 spiro atoms. The highest BCUT2D eigenvalue weighted by Crippen LogP contribution is 2.18. The predicted octanol–water partition coefficient (Wildman–Crippen LogP) is 3.07. The summed E-state index contributed by atoms with van der Waals surface area (Å²) < 4.78 is 18.3. The third-order valence-corrected chi connectivity index (χ3v) is 4.16. The molecule has 5 nitrogen and oxygen atoms in total. The minimum atomic E-state index is -0.303. The van der Waals surface area contributed by atoms with Crippen LogP contribution >= 0.6 is 11.8 Å². The minimum Gasteiger partial charge on any atom is -0.481 e. The second-order valence-electron chi connectivity index (χ2n) is 5.37. The van der Waals surface area contributed by atoms with Crippen molar-refractivity contribution in [1.29, 1.82) is 0 Å². The number of rotatable bonds is 7. The number of hydrogen-bond acceptors (Lipinski definition) is 4. The van der Waals surface area contributed by atoms with Gasteiger partial charge in [0, 0.05) is 23.6 Å². The normalized spacial score (nSPS) is 9.70. The number of thioether (sulfide) groups is 1. The fourth-order valence-corrected chi connectivity index (χ4v) is 2.70. The molecule has 0 atom stereocenters. The first-order valence-corrected chi connectivity index (χ1v) is 9.13. The Bertz CT molecular complexity index is 844. The van der Waals surface area contributed by atoms with Gasteiger partial charge in [-0.15, -0.1) is 11.8 Å². The van der Waals surface area contributed by atoms with Crippen molar-refractivity contribution in [3.05, 3.63) is 54.3 Å². The van der Waals surface area contributed by atoms with Crippen molar-refractivity contribution < 1.29 is 18.7 Å². The molecule has 0 aromatic heterocycles. The Balaban J connectivity index is 1.65. The van der Waals surface area contributed by atoms with E-state index in [1.54, 1.807) is 36.4 Å². The van der Waals surface area contributed by atoms with E-state index in [2.05, 4.69) is 22.5 Å². The molecule has 0 aliphatic rings. The molecular formula is C20H19FN2O3S. The van der Waals surface area contributed by atoms with Crippen molar-refractivity contribution >= 4 is 29.3 Å². The smallest absolute Gasteiger partial charge is 0.231 e. The lowest BCUT2D eigenvalue weighted by atomic mass is 10.3. The number of carbonyl (C=O) groups excluding carboxylic acids is 2. The van der Waals surface area contributed by atoms with Gasteiger partial charge in [-0.25, -0.2) is 4.39 Å². The molecule has 2 aromatic carbocycles. The van der Waals surface area contributed by atoms with Gasteiger partial charge in [0.15, 0.2) is 0 Å². The predicted molar refractivity (Wildman–Crippen MR) is 104 cm³/mol. The van der Waals surface area contributed by atoms with Crippen LogP contribution in [0, 0.1) is 17.7 Å². The average Bonchev–Trinajstić information content (AvgIpc) is 2.64. The minimum absolute atomic E-state index is 0.150. The molecule has 0 heterocycles. The number of hydrogen-bond donors (Lipinski definition) is 2. The number of ether oxygens (including phenoxy) is 1. The molecule has 2 amide bonds. The van der Waals surface area contributed by atoms with Crippen molar-refractivity contribution in [3.8, 4) is 17.6 Å². The van der Waals surface area contributed by atoms with Gasteiger partial charge in [0.05, 0.1) is 12.3 Å². The molecule has 0 fully saturated rings. The van der Waals surface area contributed by atoms with Crippen molar-refractivity contribution in [3.63, 3.8) is 0 Å². The van der Waals surface area contributed by atoms with Crippen LogP contribution in [-0.4, -0.2) is 30.7 Å². The first-order chi connectivity index (χ1) is 13.0. The highest BCUT2D eigenvalue weighted by Gasteiger charge is 2.02. The standard InChI is InChI=1S/C20H19FN2O3S/c1-15(24)23-17-5-4-6-18(13-17)26-12-3-2-11-22-20(25)14-27-19-9-7-16(21)8-10-19/h4-10,13H,11-12,14H2,1H3,(H,22,25)(H,23,24). The van der Waals surface area contributed by atoms with Gasteiger partial charge in [-0.1, -0.05) is 17.9 Å². The zero-order chi connectivity index (χ0) is 19.5. The molecule has 27 heavy (non-hydrogen) atoms. The van der Waals surface area contributed by atoms with Gasteiger partial charge in [0.25, 0.3) is 0 Å². The highest BCUT2D eigenvalue weighted by atomic mass is 32.2. The van der Waals surface area contributed by atoms with Crippen LogP contribution in [0.5, 0.6) is 5.75 Å². The maximum absolute atomic E-state index is 12.8. The van der Waals surface area contributed by atoms with Gasteiger partial charge in [0.2, 0.25) is 11.8 Å². The van der Waals surface area contributed by atoms with E-state index in [4.69, 9.17) is 4.74 Å². The van der Waals surface area contributed by atoms with Crippen molar-refractivity contribution in [1.82, 2.24) is 5.32 Å². The highest BCUT2D eigenvalue weighted by molar-refractivity contribution is 8.00. The van der Waals surface area contributed by atoms with Crippen molar-refractivity contribution in [2.75, 3.05) is 24.2 Å². The Kier molecular flexibility index (Phi) is 8.20. The SMILES string of the molecule is CC(=O)Nc1cccc(OCC#CCNC(=O)CSc2ccc(F)cc2)c1. The summed E-state index contributed by atoms with van der Waals surface area (Å²) in [4.78, 5) is 23.6. The van der Waals surface area contributed by atoms with E-state index < -0.39 is 0 Å². The van der Waals surface area contributed by atoms with E-state index in [-0.39, 0.29) is 36.5 Å². The second kappa shape index (κ2) is 10.9. The van der Waals surface area contributed by atoms with Gasteiger partial charge in [-0.3, -0.25) is 9.59 Å². The molecular weight excluding hydrogens is 367 g/mol. The third-order valence-electron chi connectivity index (χ3n) is 3.15. The number of amides is 2. The Morgan fingerprint density at radius 1 is 1.15 bits per heavy atom. The lowest BCUT2D eigenvalue weighted by molar-refractivity contribution is -0.118. The third kappa shape index (κ3) is 8.29. The number of halogens is 1. The maximum Gasteiger partial charge on any atom is 0.231 e. The van der Waals surface area contributed by atoms with Crippen LogP contribution < -0.4 is 15.4 Å². The molecule has 0 radical (unpaired) electrons. The summed E-state index contributed by atoms with van der Waals surface area (Å²) in [7, 11) is 0. The maximum atomic E-state index is 12.8. The summed E-state index contributed by atoms with van der Waals surface area (Å²) in [6, 6.07) is 13.0.